The van der Waals surface area contributed by atoms with Crippen LogP contribution in [0.15, 0.2) is 22.7 Å². The predicted molar refractivity (Wildman–Crippen MR) is 53.4 cm³/mol. The van der Waals surface area contributed by atoms with Gasteiger partial charge >= 0.3 is 6.18 Å². The minimum absolute atomic E-state index is 0.119. The van der Waals surface area contributed by atoms with Crippen LogP contribution in [0.2, 0.25) is 0 Å². The van der Waals surface area contributed by atoms with E-state index in [2.05, 4.69) is 21.0 Å². The third kappa shape index (κ3) is 1.73. The topological polar surface area (TPSA) is 17.8 Å². The lowest BCUT2D eigenvalue weighted by Crippen LogP contribution is -2.06. The zero-order chi connectivity index (χ0) is 11.2. The summed E-state index contributed by atoms with van der Waals surface area (Å²) in [5.41, 5.74) is -0.385. The van der Waals surface area contributed by atoms with Gasteiger partial charge in [-0.15, -0.1) is 0 Å². The fourth-order valence-corrected chi connectivity index (χ4v) is 1.79. The molecule has 0 amide bonds. The van der Waals surface area contributed by atoms with Gasteiger partial charge in [0.2, 0.25) is 0 Å². The van der Waals surface area contributed by atoms with Crippen molar-refractivity contribution in [1.29, 1.82) is 0 Å². The number of benzene rings is 1. The average Bonchev–Trinajstić information content (AvgIpc) is 2.43. The smallest absolute Gasteiger partial charge is 0.267 e. The van der Waals surface area contributed by atoms with Crippen molar-refractivity contribution in [2.45, 2.75) is 6.18 Å². The van der Waals surface area contributed by atoms with Crippen LogP contribution >= 0.6 is 15.9 Å². The Hall–Kier alpha value is -1.04. The molecule has 80 valence electrons. The van der Waals surface area contributed by atoms with Crippen LogP contribution in [0.5, 0.6) is 0 Å². The molecular weight excluding hydrogens is 273 g/mol. The van der Waals surface area contributed by atoms with Crippen LogP contribution in [0.3, 0.4) is 0 Å². The van der Waals surface area contributed by atoms with E-state index >= 15 is 0 Å². The Balaban J connectivity index is 2.79. The highest BCUT2D eigenvalue weighted by Crippen LogP contribution is 2.34. The normalized spacial score (nSPS) is 12.3. The molecule has 0 saturated heterocycles. The lowest BCUT2D eigenvalue weighted by Gasteiger charge is -2.01. The molecule has 6 heteroatoms. The minimum atomic E-state index is -4.41. The molecule has 2 nitrogen and oxygen atoms in total. The number of halogens is 4. The van der Waals surface area contributed by atoms with Gasteiger partial charge in [-0.3, -0.25) is 4.68 Å². The molecule has 0 N–H and O–H groups in total. The molecule has 0 aliphatic heterocycles. The fraction of sp³-hybridized carbons (Fsp3) is 0.222. The Morgan fingerprint density at radius 1 is 1.33 bits per heavy atom. The van der Waals surface area contributed by atoms with Gasteiger partial charge in [-0.1, -0.05) is 15.9 Å². The van der Waals surface area contributed by atoms with Crippen molar-refractivity contribution < 1.29 is 13.2 Å². The number of alkyl halides is 3. The first kappa shape index (κ1) is 10.5. The average molecular weight is 279 g/mol. The van der Waals surface area contributed by atoms with Gasteiger partial charge in [0.1, 0.15) is 0 Å². The molecule has 0 aliphatic rings. The van der Waals surface area contributed by atoms with E-state index in [4.69, 9.17) is 0 Å². The highest BCUT2D eigenvalue weighted by Gasteiger charge is 2.36. The molecule has 0 bridgehead atoms. The van der Waals surface area contributed by atoms with E-state index in [-0.39, 0.29) is 5.39 Å². The molecule has 2 aromatic rings. The number of hydrogen-bond acceptors (Lipinski definition) is 1. The zero-order valence-electron chi connectivity index (χ0n) is 7.64. The molecule has 0 atom stereocenters. The van der Waals surface area contributed by atoms with Gasteiger partial charge in [0.15, 0.2) is 5.69 Å². The molecule has 0 spiro atoms. The summed E-state index contributed by atoms with van der Waals surface area (Å²) >= 11 is 3.20. The molecule has 0 aliphatic carbocycles. The van der Waals surface area contributed by atoms with Crippen molar-refractivity contribution >= 4 is 26.8 Å². The summed E-state index contributed by atoms with van der Waals surface area (Å²) in [6.45, 7) is 0. The maximum Gasteiger partial charge on any atom is 0.435 e. The Bertz CT molecular complexity index is 516. The van der Waals surface area contributed by atoms with Crippen molar-refractivity contribution in [3.63, 3.8) is 0 Å². The highest BCUT2D eigenvalue weighted by molar-refractivity contribution is 9.10. The molecule has 0 fully saturated rings. The molecule has 0 saturated carbocycles. The van der Waals surface area contributed by atoms with Gasteiger partial charge in [-0.2, -0.15) is 18.3 Å². The largest absolute Gasteiger partial charge is 0.435 e. The third-order valence-electron chi connectivity index (χ3n) is 2.08. The molecule has 1 aromatic heterocycles. The van der Waals surface area contributed by atoms with E-state index in [0.717, 1.165) is 4.47 Å². The Morgan fingerprint density at radius 3 is 2.60 bits per heavy atom. The van der Waals surface area contributed by atoms with Crippen LogP contribution in [-0.2, 0) is 13.2 Å². The van der Waals surface area contributed by atoms with Crippen molar-refractivity contribution in [1.82, 2.24) is 9.78 Å². The van der Waals surface area contributed by atoms with Gasteiger partial charge in [0, 0.05) is 16.9 Å². The number of rotatable bonds is 0. The van der Waals surface area contributed by atoms with Crippen molar-refractivity contribution in [3.05, 3.63) is 28.4 Å². The van der Waals surface area contributed by atoms with Crippen LogP contribution in [-0.4, -0.2) is 9.78 Å². The molecule has 1 heterocycles. The second-order valence-electron chi connectivity index (χ2n) is 3.13. The summed E-state index contributed by atoms with van der Waals surface area (Å²) in [5, 5.41) is 3.59. The van der Waals surface area contributed by atoms with Crippen molar-refractivity contribution in [2.75, 3.05) is 0 Å². The number of aromatic nitrogens is 2. The Labute approximate surface area is 91.8 Å². The summed E-state index contributed by atoms with van der Waals surface area (Å²) in [6.07, 6.45) is -4.41. The number of nitrogens with zero attached hydrogens (tertiary/aromatic N) is 2. The summed E-state index contributed by atoms with van der Waals surface area (Å²) < 4.78 is 39.6. The van der Waals surface area contributed by atoms with Gasteiger partial charge in [-0.05, 0) is 18.2 Å². The first-order valence-corrected chi connectivity index (χ1v) is 4.88. The van der Waals surface area contributed by atoms with E-state index < -0.39 is 11.9 Å². The van der Waals surface area contributed by atoms with E-state index in [1.807, 2.05) is 0 Å². The van der Waals surface area contributed by atoms with Gasteiger partial charge in [0.05, 0.1) is 5.52 Å². The summed E-state index contributed by atoms with van der Waals surface area (Å²) in [6, 6.07) is 4.59. The first-order valence-electron chi connectivity index (χ1n) is 4.09. The fourth-order valence-electron chi connectivity index (χ4n) is 1.44. The maximum absolute atomic E-state index is 12.5. The van der Waals surface area contributed by atoms with E-state index in [1.54, 1.807) is 12.1 Å². The van der Waals surface area contributed by atoms with Gasteiger partial charge in [-0.25, -0.2) is 0 Å². The van der Waals surface area contributed by atoms with Crippen molar-refractivity contribution in [3.8, 4) is 0 Å². The minimum Gasteiger partial charge on any atom is -0.267 e. The Kier molecular flexibility index (Phi) is 2.26. The number of hydrogen-bond donors (Lipinski definition) is 0. The van der Waals surface area contributed by atoms with Crippen molar-refractivity contribution in [2.24, 2.45) is 7.05 Å². The van der Waals surface area contributed by atoms with Crippen LogP contribution in [0.4, 0.5) is 13.2 Å². The quantitative estimate of drug-likeness (QED) is 0.723. The summed E-state index contributed by atoms with van der Waals surface area (Å²) in [4.78, 5) is 0. The van der Waals surface area contributed by atoms with Crippen LogP contribution in [0, 0.1) is 0 Å². The standard InChI is InChI=1S/C9H6BrF3N2/c1-15-7-4-5(10)2-3-6(7)8(14-15)9(11,12)13/h2-4H,1H3. The lowest BCUT2D eigenvalue weighted by molar-refractivity contribution is -0.140. The van der Waals surface area contributed by atoms with Crippen LogP contribution in [0.1, 0.15) is 5.69 Å². The first-order chi connectivity index (χ1) is 6.89. The van der Waals surface area contributed by atoms with Gasteiger partial charge < -0.3 is 0 Å². The van der Waals surface area contributed by atoms with Crippen LogP contribution < -0.4 is 0 Å². The molecule has 1 aromatic carbocycles. The van der Waals surface area contributed by atoms with E-state index in [9.17, 15) is 13.2 Å². The summed E-state index contributed by atoms with van der Waals surface area (Å²) in [5.74, 6) is 0. The SMILES string of the molecule is Cn1nc(C(F)(F)F)c2ccc(Br)cc21. The Morgan fingerprint density at radius 2 is 2.00 bits per heavy atom. The molecule has 2 rings (SSSR count). The molecule has 15 heavy (non-hydrogen) atoms. The number of fused-ring (bicyclic) bond motifs is 1. The highest BCUT2D eigenvalue weighted by atomic mass is 79.9. The zero-order valence-corrected chi connectivity index (χ0v) is 9.22. The predicted octanol–water partition coefficient (Wildman–Crippen LogP) is 3.35. The second-order valence-corrected chi connectivity index (χ2v) is 4.05. The molecule has 0 unspecified atom stereocenters. The second kappa shape index (κ2) is 3.23. The van der Waals surface area contributed by atoms with Gasteiger partial charge in [0.25, 0.3) is 0 Å². The van der Waals surface area contributed by atoms with E-state index in [0.29, 0.717) is 5.52 Å². The molecular formula is C9H6BrF3N2. The lowest BCUT2D eigenvalue weighted by atomic mass is 10.2. The maximum atomic E-state index is 12.5. The monoisotopic (exact) mass is 278 g/mol. The summed E-state index contributed by atoms with van der Waals surface area (Å²) in [7, 11) is 1.49. The van der Waals surface area contributed by atoms with E-state index in [1.165, 1.54) is 17.8 Å². The third-order valence-corrected chi connectivity index (χ3v) is 2.58. The number of aryl methyl sites for hydroxylation is 1. The molecule has 0 radical (unpaired) electrons. The van der Waals surface area contributed by atoms with Crippen LogP contribution in [0.25, 0.3) is 10.9 Å².